The maximum atomic E-state index is 8.87. The summed E-state index contributed by atoms with van der Waals surface area (Å²) in [7, 11) is 0. The van der Waals surface area contributed by atoms with Gasteiger partial charge in [-0.1, -0.05) is 67.0 Å². The van der Waals surface area contributed by atoms with Gasteiger partial charge in [0.15, 0.2) is 0 Å². The van der Waals surface area contributed by atoms with E-state index in [9.17, 15) is 0 Å². The molecule has 0 aliphatic heterocycles. The van der Waals surface area contributed by atoms with Crippen molar-refractivity contribution in [1.29, 1.82) is 0 Å². The molecule has 0 atom stereocenters. The third-order valence-electron chi connectivity index (χ3n) is 3.96. The van der Waals surface area contributed by atoms with Crippen molar-refractivity contribution >= 4 is 0 Å². The van der Waals surface area contributed by atoms with E-state index in [0.717, 1.165) is 24.8 Å². The molecule has 0 aromatic heterocycles. The van der Waals surface area contributed by atoms with Gasteiger partial charge in [0.05, 0.1) is 7.98 Å². The molecule has 116 valence electrons. The summed E-state index contributed by atoms with van der Waals surface area (Å²) in [5.74, 6) is 0. The van der Waals surface area contributed by atoms with Crippen molar-refractivity contribution < 1.29 is 10.6 Å². The van der Waals surface area contributed by atoms with Crippen LogP contribution in [0.15, 0.2) is 58.7 Å². The van der Waals surface area contributed by atoms with Gasteiger partial charge in [0.1, 0.15) is 0 Å². The lowest BCUT2D eigenvalue weighted by atomic mass is 9.72. The van der Waals surface area contributed by atoms with Crippen LogP contribution in [0.4, 0.5) is 0 Å². The predicted molar refractivity (Wildman–Crippen MR) is 93.2 cm³/mol. The van der Waals surface area contributed by atoms with Crippen molar-refractivity contribution in [3.05, 3.63) is 58.7 Å². The molecule has 0 fully saturated rings. The van der Waals surface area contributed by atoms with Crippen LogP contribution in [0.2, 0.25) is 0 Å². The van der Waals surface area contributed by atoms with Gasteiger partial charge in [-0.05, 0) is 50.9 Å². The zero-order valence-electron chi connectivity index (χ0n) is 17.7. The van der Waals surface area contributed by atoms with Gasteiger partial charge in [-0.2, -0.15) is 0 Å². The summed E-state index contributed by atoms with van der Waals surface area (Å²) in [6.45, 7) is 5.83. The molecule has 1 heteroatoms. The third kappa shape index (κ3) is 5.89. The summed E-state index contributed by atoms with van der Waals surface area (Å²) in [5.41, 5.74) is 3.31. The maximum Gasteiger partial charge on any atom is 0.0625 e. The Morgan fingerprint density at radius 1 is 1.38 bits per heavy atom. The van der Waals surface area contributed by atoms with Crippen LogP contribution in [-0.4, -0.2) is 11.7 Å². The maximum absolute atomic E-state index is 8.87. The molecule has 0 spiro atoms. The van der Waals surface area contributed by atoms with E-state index in [1.807, 2.05) is 6.08 Å². The first-order chi connectivity index (χ1) is 11.5. The molecule has 1 N–H and O–H groups in total. The van der Waals surface area contributed by atoms with Gasteiger partial charge in [0.25, 0.3) is 0 Å². The van der Waals surface area contributed by atoms with Crippen LogP contribution >= 0.6 is 0 Å². The fourth-order valence-electron chi connectivity index (χ4n) is 2.70. The summed E-state index contributed by atoms with van der Waals surface area (Å²) in [4.78, 5) is 0. The molecular formula is C20H30O. The molecule has 0 bridgehead atoms. The van der Waals surface area contributed by atoms with Gasteiger partial charge in [0.2, 0.25) is 0 Å². The van der Waals surface area contributed by atoms with Gasteiger partial charge >= 0.3 is 0 Å². The second kappa shape index (κ2) is 8.19. The van der Waals surface area contributed by atoms with Crippen molar-refractivity contribution in [2.45, 2.75) is 53.8 Å². The van der Waals surface area contributed by atoms with Crippen LogP contribution < -0.4 is 0 Å². The van der Waals surface area contributed by atoms with Crippen LogP contribution in [0, 0.1) is 5.41 Å². The lowest BCUT2D eigenvalue weighted by Crippen LogP contribution is -2.19. The third-order valence-corrected chi connectivity index (χ3v) is 3.96. The lowest BCUT2D eigenvalue weighted by molar-refractivity contribution is 0.342. The molecule has 0 aromatic rings. The molecule has 0 saturated carbocycles. The zero-order valence-corrected chi connectivity index (χ0v) is 13.7. The molecule has 0 aromatic carbocycles. The van der Waals surface area contributed by atoms with E-state index in [-0.39, 0.29) is 23.6 Å². The topological polar surface area (TPSA) is 20.2 Å². The van der Waals surface area contributed by atoms with Crippen LogP contribution in [0.1, 0.15) is 59.3 Å². The highest BCUT2D eigenvalue weighted by Crippen LogP contribution is 2.40. The Kier molecular flexibility index (Phi) is 4.77. The van der Waals surface area contributed by atoms with E-state index in [0.29, 0.717) is 0 Å². The van der Waals surface area contributed by atoms with Crippen LogP contribution in [0.3, 0.4) is 0 Å². The summed E-state index contributed by atoms with van der Waals surface area (Å²) >= 11 is 0. The van der Waals surface area contributed by atoms with Gasteiger partial charge < -0.3 is 5.11 Å². The summed E-state index contributed by atoms with van der Waals surface area (Å²) in [6.07, 6.45) is 11.5. The number of allylic oxidation sites excluding steroid dienone is 9. The van der Waals surface area contributed by atoms with Gasteiger partial charge in [-0.3, -0.25) is 0 Å². The molecule has 1 nitrogen and oxygen atoms in total. The first-order valence-corrected chi connectivity index (χ1v) is 7.54. The zero-order chi connectivity index (χ0) is 19.3. The fraction of sp³-hybridized carbons (Fsp3) is 0.500. The molecule has 0 radical (unpaired) electrons. The van der Waals surface area contributed by atoms with Gasteiger partial charge in [0, 0.05) is 4.11 Å². The number of aliphatic hydroxyl groups is 1. The molecule has 0 amide bonds. The number of aliphatic hydroxyl groups excluding tert-OH is 1. The highest BCUT2D eigenvalue weighted by atomic mass is 16.2. The largest absolute Gasteiger partial charge is 0.392 e. The average molecular weight is 290 g/mol. The molecule has 1 aliphatic carbocycles. The molecule has 1 aliphatic rings. The van der Waals surface area contributed by atoms with Crippen molar-refractivity contribution in [1.82, 2.24) is 0 Å². The minimum atomic E-state index is -2.35. The van der Waals surface area contributed by atoms with E-state index in [1.165, 1.54) is 17.2 Å². The minimum Gasteiger partial charge on any atom is -0.392 e. The molecule has 1 rings (SSSR count). The SMILES string of the molecule is [2H]C(/C=C/C(C)=C/CO)=C(\C=C\C1=C(C)CCCC1(C)C)C([2H])([2H])[2H]. The second-order valence-corrected chi connectivity index (χ2v) is 6.29. The summed E-state index contributed by atoms with van der Waals surface area (Å²) in [6, 6.07) is -0.0335. The fourth-order valence-corrected chi connectivity index (χ4v) is 2.70. The van der Waals surface area contributed by atoms with Crippen LogP contribution in [0.25, 0.3) is 0 Å². The van der Waals surface area contributed by atoms with Crippen LogP contribution in [0.5, 0.6) is 0 Å². The predicted octanol–water partition coefficient (Wildman–Crippen LogP) is 5.51. The highest BCUT2D eigenvalue weighted by molar-refractivity contribution is 5.37. The Morgan fingerprint density at radius 2 is 2.14 bits per heavy atom. The van der Waals surface area contributed by atoms with Gasteiger partial charge in [-0.25, -0.2) is 0 Å². The molecule has 21 heavy (non-hydrogen) atoms. The molecule has 0 saturated heterocycles. The van der Waals surface area contributed by atoms with Crippen molar-refractivity contribution in [2.75, 3.05) is 6.61 Å². The lowest BCUT2D eigenvalue weighted by Gasteiger charge is -2.32. The normalized spacial score (nSPS) is 24.7. The number of hydrogen-bond donors (Lipinski definition) is 1. The Morgan fingerprint density at radius 3 is 2.76 bits per heavy atom. The van der Waals surface area contributed by atoms with Crippen molar-refractivity contribution in [3.63, 3.8) is 0 Å². The number of rotatable bonds is 5. The smallest absolute Gasteiger partial charge is 0.0625 e. The van der Waals surface area contributed by atoms with Crippen molar-refractivity contribution in [3.8, 4) is 0 Å². The minimum absolute atomic E-state index is 0.0250. The van der Waals surface area contributed by atoms with Crippen molar-refractivity contribution in [2.24, 2.45) is 5.41 Å². The molecule has 0 unspecified atom stereocenters. The molecule has 0 heterocycles. The Bertz CT molecular complexity index is 629. The second-order valence-electron chi connectivity index (χ2n) is 6.29. The van der Waals surface area contributed by atoms with E-state index in [1.54, 1.807) is 25.2 Å². The number of hydrogen-bond acceptors (Lipinski definition) is 1. The molecular weight excluding hydrogens is 256 g/mol. The highest BCUT2D eigenvalue weighted by Gasteiger charge is 2.26. The van der Waals surface area contributed by atoms with E-state index in [4.69, 9.17) is 10.6 Å². The summed E-state index contributed by atoms with van der Waals surface area (Å²) in [5, 5.41) is 8.87. The summed E-state index contributed by atoms with van der Waals surface area (Å²) < 4.78 is 31.4. The van der Waals surface area contributed by atoms with E-state index >= 15 is 0 Å². The Hall–Kier alpha value is -1.34. The first kappa shape index (κ1) is 12.2. The first-order valence-electron chi connectivity index (χ1n) is 9.54. The quantitative estimate of drug-likeness (QED) is 0.662. The van der Waals surface area contributed by atoms with E-state index in [2.05, 4.69) is 20.8 Å². The monoisotopic (exact) mass is 290 g/mol. The van der Waals surface area contributed by atoms with Crippen LogP contribution in [-0.2, 0) is 0 Å². The Labute approximate surface area is 136 Å². The Balaban J connectivity index is 3.25. The standard InChI is InChI=1S/C20H30O/c1-16(8-6-9-17(2)13-15-21)11-12-19-18(3)10-7-14-20(19,4)5/h6,8-9,11-13,21H,7,10,14-15H2,1-5H3/b9-6+,12-11+,16-8+,17-13+/i1D3,8D. The average Bonchev–Trinajstić information content (AvgIpc) is 2.46. The van der Waals surface area contributed by atoms with Gasteiger partial charge in [-0.15, -0.1) is 0 Å². The van der Waals surface area contributed by atoms with E-state index < -0.39 is 6.85 Å².